The summed E-state index contributed by atoms with van der Waals surface area (Å²) < 4.78 is 26.2. The zero-order valence-electron chi connectivity index (χ0n) is 12.1. The Kier molecular flexibility index (Phi) is 5.41. The lowest BCUT2D eigenvalue weighted by Gasteiger charge is -2.15. The summed E-state index contributed by atoms with van der Waals surface area (Å²) in [6.07, 6.45) is -0.174. The number of carboxylic acid groups (broad SMARTS) is 1. The van der Waals surface area contributed by atoms with E-state index in [1.54, 1.807) is 12.1 Å². The third-order valence-corrected chi connectivity index (χ3v) is 3.22. The van der Waals surface area contributed by atoms with Crippen LogP contribution >= 0.6 is 0 Å². The quantitative estimate of drug-likeness (QED) is 0.859. The number of aliphatic carboxylic acids is 1. The van der Waals surface area contributed by atoms with Gasteiger partial charge in [0.05, 0.1) is 6.42 Å². The first-order chi connectivity index (χ1) is 10.9. The molecule has 1 atom stereocenters. The van der Waals surface area contributed by atoms with Gasteiger partial charge in [0.1, 0.15) is 17.7 Å². The van der Waals surface area contributed by atoms with Crippen LogP contribution in [0, 0.1) is 11.6 Å². The van der Waals surface area contributed by atoms with Crippen LogP contribution in [-0.4, -0.2) is 23.0 Å². The van der Waals surface area contributed by atoms with Crippen LogP contribution in [0.4, 0.5) is 8.78 Å². The Hall–Kier alpha value is -2.76. The van der Waals surface area contributed by atoms with Crippen LogP contribution in [0.3, 0.4) is 0 Å². The number of hydrogen-bond donors (Lipinski definition) is 2. The highest BCUT2D eigenvalue weighted by atomic mass is 19.1. The molecular formula is C17H15F2NO3. The predicted molar refractivity (Wildman–Crippen MR) is 79.8 cm³/mol. The first kappa shape index (κ1) is 16.6. The van der Waals surface area contributed by atoms with Crippen LogP contribution in [0.5, 0.6) is 0 Å². The Morgan fingerprint density at radius 1 is 1.00 bits per heavy atom. The minimum absolute atomic E-state index is 0.0397. The van der Waals surface area contributed by atoms with Crippen molar-refractivity contribution in [2.75, 3.05) is 0 Å². The van der Waals surface area contributed by atoms with E-state index < -0.39 is 29.6 Å². The summed E-state index contributed by atoms with van der Waals surface area (Å²) in [6.45, 7) is 0. The van der Waals surface area contributed by atoms with Crippen LogP contribution in [0.15, 0.2) is 48.5 Å². The second-order valence-electron chi connectivity index (χ2n) is 5.10. The van der Waals surface area contributed by atoms with Gasteiger partial charge in [-0.2, -0.15) is 0 Å². The SMILES string of the molecule is O=C(Cc1cccc(F)c1)N[C@@H](Cc1cccc(F)c1)C(=O)O. The predicted octanol–water partition coefficient (Wildman–Crippen LogP) is 2.32. The van der Waals surface area contributed by atoms with Gasteiger partial charge in [-0.3, -0.25) is 4.79 Å². The van der Waals surface area contributed by atoms with Crippen molar-refractivity contribution in [3.63, 3.8) is 0 Å². The maximum absolute atomic E-state index is 13.1. The molecule has 0 aliphatic carbocycles. The van der Waals surface area contributed by atoms with Crippen LogP contribution in [0.2, 0.25) is 0 Å². The third-order valence-electron chi connectivity index (χ3n) is 3.22. The standard InChI is InChI=1S/C17H15F2NO3/c18-13-5-1-3-11(7-13)9-15(17(22)23)20-16(21)10-12-4-2-6-14(19)8-12/h1-8,15H,9-10H2,(H,20,21)(H,22,23)/t15-/m0/s1. The molecule has 0 unspecified atom stereocenters. The van der Waals surface area contributed by atoms with Crippen molar-refractivity contribution < 1.29 is 23.5 Å². The molecule has 2 aromatic rings. The number of hydrogen-bond acceptors (Lipinski definition) is 2. The minimum Gasteiger partial charge on any atom is -0.480 e. The summed E-state index contributed by atoms with van der Waals surface area (Å²) in [6, 6.07) is 9.85. The highest BCUT2D eigenvalue weighted by Crippen LogP contribution is 2.08. The minimum atomic E-state index is -1.22. The molecule has 0 fully saturated rings. The molecule has 0 aliphatic heterocycles. The van der Waals surface area contributed by atoms with E-state index in [1.807, 2.05) is 0 Å². The van der Waals surface area contributed by atoms with Crippen LogP contribution in [-0.2, 0) is 22.4 Å². The molecule has 0 saturated heterocycles. The average molecular weight is 319 g/mol. The molecule has 0 saturated carbocycles. The molecule has 2 aromatic carbocycles. The molecule has 0 radical (unpaired) electrons. The number of benzene rings is 2. The van der Waals surface area contributed by atoms with Gasteiger partial charge in [-0.1, -0.05) is 24.3 Å². The van der Waals surface area contributed by atoms with E-state index in [9.17, 15) is 23.5 Å². The number of amides is 1. The van der Waals surface area contributed by atoms with Crippen molar-refractivity contribution in [2.45, 2.75) is 18.9 Å². The van der Waals surface area contributed by atoms with Gasteiger partial charge in [-0.15, -0.1) is 0 Å². The summed E-state index contributed by atoms with van der Waals surface area (Å²) in [4.78, 5) is 23.2. The van der Waals surface area contributed by atoms with Crippen molar-refractivity contribution in [1.82, 2.24) is 5.32 Å². The summed E-state index contributed by atoms with van der Waals surface area (Å²) in [7, 11) is 0. The van der Waals surface area contributed by atoms with Gasteiger partial charge in [0.15, 0.2) is 0 Å². The van der Waals surface area contributed by atoms with Gasteiger partial charge >= 0.3 is 5.97 Å². The fourth-order valence-electron chi connectivity index (χ4n) is 2.18. The molecule has 2 rings (SSSR count). The lowest BCUT2D eigenvalue weighted by atomic mass is 10.1. The fraction of sp³-hybridized carbons (Fsp3) is 0.176. The number of carbonyl (C=O) groups excluding carboxylic acids is 1. The Morgan fingerprint density at radius 3 is 2.13 bits per heavy atom. The van der Waals surface area contributed by atoms with E-state index in [0.29, 0.717) is 11.1 Å². The molecule has 4 nitrogen and oxygen atoms in total. The number of carbonyl (C=O) groups is 2. The van der Waals surface area contributed by atoms with Crippen LogP contribution in [0.25, 0.3) is 0 Å². The highest BCUT2D eigenvalue weighted by molar-refractivity contribution is 5.85. The topological polar surface area (TPSA) is 66.4 Å². The van der Waals surface area contributed by atoms with E-state index in [0.717, 1.165) is 0 Å². The molecule has 120 valence electrons. The van der Waals surface area contributed by atoms with Gasteiger partial charge in [-0.05, 0) is 35.4 Å². The third kappa shape index (κ3) is 5.18. The Bertz CT molecular complexity index is 718. The highest BCUT2D eigenvalue weighted by Gasteiger charge is 2.20. The van der Waals surface area contributed by atoms with Crippen molar-refractivity contribution in [3.05, 3.63) is 71.3 Å². The van der Waals surface area contributed by atoms with E-state index in [2.05, 4.69) is 5.32 Å². The van der Waals surface area contributed by atoms with E-state index in [1.165, 1.54) is 36.4 Å². The summed E-state index contributed by atoms with van der Waals surface area (Å²) in [5, 5.41) is 11.6. The van der Waals surface area contributed by atoms with Crippen LogP contribution < -0.4 is 5.32 Å². The fourth-order valence-corrected chi connectivity index (χ4v) is 2.18. The summed E-state index contributed by atoms with van der Waals surface area (Å²) >= 11 is 0. The van der Waals surface area contributed by atoms with Gasteiger partial charge in [0, 0.05) is 6.42 Å². The Morgan fingerprint density at radius 2 is 1.57 bits per heavy atom. The zero-order valence-corrected chi connectivity index (χ0v) is 12.1. The van der Waals surface area contributed by atoms with Gasteiger partial charge in [-0.25, -0.2) is 13.6 Å². The molecule has 0 spiro atoms. The maximum Gasteiger partial charge on any atom is 0.326 e. The van der Waals surface area contributed by atoms with Gasteiger partial charge < -0.3 is 10.4 Å². The first-order valence-corrected chi connectivity index (χ1v) is 6.95. The molecule has 0 heterocycles. The molecule has 6 heteroatoms. The first-order valence-electron chi connectivity index (χ1n) is 6.95. The van der Waals surface area contributed by atoms with Gasteiger partial charge in [0.2, 0.25) is 5.91 Å². The normalized spacial score (nSPS) is 11.7. The van der Waals surface area contributed by atoms with E-state index in [-0.39, 0.29) is 12.8 Å². The monoisotopic (exact) mass is 319 g/mol. The number of halogens is 2. The average Bonchev–Trinajstić information content (AvgIpc) is 2.46. The zero-order chi connectivity index (χ0) is 16.8. The second kappa shape index (κ2) is 7.49. The lowest BCUT2D eigenvalue weighted by molar-refractivity contribution is -0.141. The van der Waals surface area contributed by atoms with Crippen molar-refractivity contribution in [3.8, 4) is 0 Å². The molecular weight excluding hydrogens is 304 g/mol. The van der Waals surface area contributed by atoms with Crippen molar-refractivity contribution >= 4 is 11.9 Å². The van der Waals surface area contributed by atoms with Gasteiger partial charge in [0.25, 0.3) is 0 Å². The molecule has 1 amide bonds. The van der Waals surface area contributed by atoms with Crippen molar-refractivity contribution in [1.29, 1.82) is 0 Å². The molecule has 2 N–H and O–H groups in total. The number of nitrogens with one attached hydrogen (secondary N) is 1. The number of carboxylic acids is 1. The maximum atomic E-state index is 13.1. The van der Waals surface area contributed by atoms with E-state index >= 15 is 0 Å². The molecule has 23 heavy (non-hydrogen) atoms. The summed E-state index contributed by atoms with van der Waals surface area (Å²) in [5.41, 5.74) is 0.904. The lowest BCUT2D eigenvalue weighted by Crippen LogP contribution is -2.43. The largest absolute Gasteiger partial charge is 0.480 e. The molecule has 0 aromatic heterocycles. The Balaban J connectivity index is 2.01. The van der Waals surface area contributed by atoms with Crippen LogP contribution in [0.1, 0.15) is 11.1 Å². The van der Waals surface area contributed by atoms with Crippen molar-refractivity contribution in [2.24, 2.45) is 0 Å². The molecule has 0 bridgehead atoms. The Labute approximate surface area is 131 Å². The summed E-state index contributed by atoms with van der Waals surface area (Å²) in [5.74, 6) is -2.70. The van der Waals surface area contributed by atoms with E-state index in [4.69, 9.17) is 0 Å². The number of rotatable bonds is 6. The molecule has 0 aliphatic rings. The smallest absolute Gasteiger partial charge is 0.326 e. The second-order valence-corrected chi connectivity index (χ2v) is 5.10.